The Morgan fingerprint density at radius 2 is 2.15 bits per heavy atom. The highest BCUT2D eigenvalue weighted by Crippen LogP contribution is 2.32. The number of benzene rings is 2. The Kier molecular flexibility index (Phi) is 6.71. The predicted octanol–water partition coefficient (Wildman–Crippen LogP) is 1.48. The summed E-state index contributed by atoms with van der Waals surface area (Å²) < 4.78 is 6.13. The maximum Gasteiger partial charge on any atom is 0.417 e. The number of rotatable bonds is 7. The van der Waals surface area contributed by atoms with Crippen molar-refractivity contribution in [3.63, 3.8) is 0 Å². The normalized spacial score (nSPS) is 19.2. The van der Waals surface area contributed by atoms with Crippen molar-refractivity contribution in [3.8, 4) is 0 Å². The number of para-hydroxylation sites is 1. The molecule has 2 saturated heterocycles. The number of H-pyrrole nitrogens is 1. The largest absolute Gasteiger partial charge is 0.417 e. The average molecular weight is 577 g/mol. The van der Waals surface area contributed by atoms with Crippen molar-refractivity contribution in [2.45, 2.75) is 25.2 Å². The molecule has 2 aliphatic rings. The predicted molar refractivity (Wildman–Crippen MR) is 152 cm³/mol. The van der Waals surface area contributed by atoms with Gasteiger partial charge in [0.1, 0.15) is 12.2 Å². The third-order valence-corrected chi connectivity index (χ3v) is 8.27. The van der Waals surface area contributed by atoms with E-state index in [0.29, 0.717) is 21.8 Å². The molecule has 41 heavy (non-hydrogen) atoms. The number of anilines is 1. The van der Waals surface area contributed by atoms with E-state index >= 15 is 0 Å². The van der Waals surface area contributed by atoms with Gasteiger partial charge >= 0.3 is 11.8 Å². The minimum atomic E-state index is -0.857. The molecule has 0 unspecified atom stereocenters. The van der Waals surface area contributed by atoms with Crippen molar-refractivity contribution in [3.05, 3.63) is 70.7 Å². The highest BCUT2D eigenvalue weighted by atomic mass is 32.1. The molecule has 0 spiro atoms. The number of hydrogen-bond donors (Lipinski definition) is 3. The minimum Gasteiger partial charge on any atom is -0.408 e. The van der Waals surface area contributed by atoms with Gasteiger partial charge in [0.15, 0.2) is 10.7 Å². The number of hydrogen-bond acceptors (Lipinski definition) is 9. The summed E-state index contributed by atoms with van der Waals surface area (Å²) in [6, 6.07) is 9.68. The number of nitrogens with two attached hydrogens (primary N) is 1. The molecule has 2 fully saturated rings. The van der Waals surface area contributed by atoms with E-state index in [1.807, 2.05) is 18.2 Å². The Morgan fingerprint density at radius 1 is 1.32 bits per heavy atom. The summed E-state index contributed by atoms with van der Waals surface area (Å²) in [4.78, 5) is 62.4. The fraction of sp³-hybridized carbons (Fsp3) is 0.296. The molecular formula is C27H28N8O5S. The van der Waals surface area contributed by atoms with Gasteiger partial charge in [-0.2, -0.15) is 5.01 Å². The van der Waals surface area contributed by atoms with Gasteiger partial charge in [-0.15, -0.1) is 6.58 Å². The zero-order chi connectivity index (χ0) is 28.8. The Morgan fingerprint density at radius 3 is 2.93 bits per heavy atom. The quantitative estimate of drug-likeness (QED) is 0.279. The number of nitrogens with zero attached hydrogens (tertiary/aromatic N) is 5. The fourth-order valence-electron chi connectivity index (χ4n) is 5.64. The first-order chi connectivity index (χ1) is 19.8. The first-order valence-electron chi connectivity index (χ1n) is 13.0. The molecule has 4 aromatic rings. The fourth-order valence-corrected chi connectivity index (χ4v) is 6.42. The summed E-state index contributed by atoms with van der Waals surface area (Å²) in [5, 5.41) is 6.17. The lowest BCUT2D eigenvalue weighted by Gasteiger charge is -2.46. The van der Waals surface area contributed by atoms with Crippen molar-refractivity contribution in [2.24, 2.45) is 0 Å². The van der Waals surface area contributed by atoms with Crippen molar-refractivity contribution < 1.29 is 18.8 Å². The number of oxazole rings is 1. The van der Waals surface area contributed by atoms with Gasteiger partial charge in [-0.1, -0.05) is 35.6 Å². The smallest absolute Gasteiger partial charge is 0.408 e. The topological polar surface area (TPSA) is 161 Å². The van der Waals surface area contributed by atoms with Crippen LogP contribution < -0.4 is 16.8 Å². The molecule has 2 aliphatic heterocycles. The number of nitrogen functional groups attached to an aromatic ring is 1. The molecule has 14 heteroatoms. The summed E-state index contributed by atoms with van der Waals surface area (Å²) in [5.74, 6) is -1.08. The number of piperazine rings is 1. The number of thiazole rings is 1. The number of carbonyl (C=O) groups is 3. The van der Waals surface area contributed by atoms with Crippen LogP contribution in [0.15, 0.2) is 58.3 Å². The van der Waals surface area contributed by atoms with Gasteiger partial charge in [0.25, 0.3) is 0 Å². The number of amides is 4. The summed E-state index contributed by atoms with van der Waals surface area (Å²) in [7, 11) is 1.52. The van der Waals surface area contributed by atoms with Crippen LogP contribution in [-0.4, -0.2) is 86.5 Å². The molecule has 4 N–H and O–H groups in total. The molecule has 2 aromatic heterocycles. The van der Waals surface area contributed by atoms with Crippen molar-refractivity contribution in [1.82, 2.24) is 35.1 Å². The van der Waals surface area contributed by atoms with Crippen LogP contribution in [0.4, 0.5) is 9.93 Å². The van der Waals surface area contributed by atoms with Gasteiger partial charge in [-0.05, 0) is 29.3 Å². The second-order valence-electron chi connectivity index (χ2n) is 9.90. The third-order valence-electron chi connectivity index (χ3n) is 7.42. The van der Waals surface area contributed by atoms with E-state index in [0.717, 1.165) is 15.8 Å². The SMILES string of the molecule is C=CCN(C(=O)NC)N1CC(=O)N2[C@@H](Cc3ccc4[nH]c(=O)oc4c3)C(=O)N(Cc3cccc4sc(N)nc34)C[C@@H]21. The lowest BCUT2D eigenvalue weighted by molar-refractivity contribution is -0.157. The Balaban J connectivity index is 1.39. The molecule has 0 aliphatic carbocycles. The molecule has 4 amide bonds. The molecule has 2 atom stereocenters. The Hall–Kier alpha value is -4.69. The van der Waals surface area contributed by atoms with Gasteiger partial charge in [0, 0.05) is 20.0 Å². The summed E-state index contributed by atoms with van der Waals surface area (Å²) in [6.45, 7) is 4.28. The highest BCUT2D eigenvalue weighted by Gasteiger charge is 2.52. The van der Waals surface area contributed by atoms with Gasteiger partial charge in [-0.25, -0.2) is 14.6 Å². The molecule has 0 radical (unpaired) electrons. The van der Waals surface area contributed by atoms with Crippen LogP contribution in [-0.2, 0) is 22.6 Å². The third kappa shape index (κ3) is 4.70. The first-order valence-corrected chi connectivity index (χ1v) is 13.8. The number of hydrazine groups is 1. The van der Waals surface area contributed by atoms with E-state index in [1.54, 1.807) is 39.1 Å². The molecule has 13 nitrogen and oxygen atoms in total. The van der Waals surface area contributed by atoms with Crippen LogP contribution in [0.2, 0.25) is 0 Å². The molecule has 0 bridgehead atoms. The van der Waals surface area contributed by atoms with Crippen molar-refractivity contribution in [2.75, 3.05) is 32.4 Å². The average Bonchev–Trinajstić information content (AvgIpc) is 3.62. The van der Waals surface area contributed by atoms with E-state index in [1.165, 1.54) is 23.4 Å². The van der Waals surface area contributed by atoms with E-state index < -0.39 is 24.0 Å². The van der Waals surface area contributed by atoms with Crippen LogP contribution in [0.5, 0.6) is 0 Å². The minimum absolute atomic E-state index is 0.0759. The zero-order valence-corrected chi connectivity index (χ0v) is 23.0. The number of nitrogens with one attached hydrogen (secondary N) is 2. The molecule has 0 saturated carbocycles. The van der Waals surface area contributed by atoms with E-state index in [-0.39, 0.29) is 44.4 Å². The first kappa shape index (κ1) is 26.5. The number of aromatic amines is 1. The lowest BCUT2D eigenvalue weighted by atomic mass is 9.99. The number of carbonyl (C=O) groups excluding carboxylic acids is 3. The summed E-state index contributed by atoms with van der Waals surface area (Å²) in [6.07, 6.45) is 1.17. The van der Waals surface area contributed by atoms with Crippen LogP contribution in [0.3, 0.4) is 0 Å². The summed E-state index contributed by atoms with van der Waals surface area (Å²) >= 11 is 1.37. The van der Waals surface area contributed by atoms with Crippen LogP contribution in [0, 0.1) is 0 Å². The van der Waals surface area contributed by atoms with E-state index in [4.69, 9.17) is 10.2 Å². The van der Waals surface area contributed by atoms with Gasteiger partial charge in [-0.3, -0.25) is 19.6 Å². The highest BCUT2D eigenvalue weighted by molar-refractivity contribution is 7.22. The van der Waals surface area contributed by atoms with Gasteiger partial charge in [0.05, 0.1) is 35.4 Å². The van der Waals surface area contributed by atoms with Gasteiger partial charge in [0.2, 0.25) is 11.8 Å². The van der Waals surface area contributed by atoms with Crippen LogP contribution >= 0.6 is 11.3 Å². The second-order valence-corrected chi connectivity index (χ2v) is 11.0. The van der Waals surface area contributed by atoms with Crippen LogP contribution in [0.1, 0.15) is 11.1 Å². The summed E-state index contributed by atoms with van der Waals surface area (Å²) in [5.41, 5.74) is 9.15. The number of fused-ring (bicyclic) bond motifs is 3. The Bertz CT molecular complexity index is 1740. The molecule has 6 rings (SSSR count). The van der Waals surface area contributed by atoms with Crippen LogP contribution in [0.25, 0.3) is 21.3 Å². The molecule has 4 heterocycles. The monoisotopic (exact) mass is 576 g/mol. The van der Waals surface area contributed by atoms with Crippen molar-refractivity contribution >= 4 is 55.6 Å². The maximum absolute atomic E-state index is 14.1. The zero-order valence-electron chi connectivity index (χ0n) is 22.2. The lowest BCUT2D eigenvalue weighted by Crippen LogP contribution is -2.65. The standard InChI is InChI=1S/C27H28N8O5S/c1-3-9-33(26(38)29-2)34-14-22(36)35-18(10-15-7-8-17-19(11-15)40-27(39)30-17)24(37)32(13-21(34)35)12-16-5-4-6-20-23(16)31-25(28)41-20/h3-8,11,18,21H,1,9-10,12-14H2,2H3,(H2,28,31)(H,29,38)(H,30,39)/t18-,21+/m0/s1. The number of aromatic nitrogens is 2. The maximum atomic E-state index is 14.1. The van der Waals surface area contributed by atoms with Crippen molar-refractivity contribution in [1.29, 1.82) is 0 Å². The molecule has 212 valence electrons. The molecule has 2 aromatic carbocycles. The molecular weight excluding hydrogens is 548 g/mol. The van der Waals surface area contributed by atoms with Gasteiger partial charge < -0.3 is 25.3 Å². The Labute approximate surface area is 237 Å². The number of urea groups is 1. The van der Waals surface area contributed by atoms with E-state index in [9.17, 15) is 19.2 Å². The van der Waals surface area contributed by atoms with E-state index in [2.05, 4.69) is 21.9 Å². The second kappa shape index (κ2) is 10.4.